The minimum atomic E-state index is -4.51. The van der Waals surface area contributed by atoms with Crippen molar-refractivity contribution in [3.05, 3.63) is 89.1 Å². The Morgan fingerprint density at radius 1 is 0.862 bits per heavy atom. The van der Waals surface area contributed by atoms with Gasteiger partial charge in [-0.2, -0.15) is 13.2 Å². The summed E-state index contributed by atoms with van der Waals surface area (Å²) in [6.45, 7) is 1.64. The van der Waals surface area contributed by atoms with Gasteiger partial charge in [-0.15, -0.1) is 0 Å². The van der Waals surface area contributed by atoms with Crippen LogP contribution in [0.2, 0.25) is 5.02 Å². The Hall–Kier alpha value is -3.05. The molecule has 0 aliphatic carbocycles. The second-order valence-corrected chi connectivity index (χ2v) is 6.96. The fourth-order valence-corrected chi connectivity index (χ4v) is 3.38. The summed E-state index contributed by atoms with van der Waals surface area (Å²) in [7, 11) is 0. The number of nitrogens with zero attached hydrogens (tertiary/aromatic N) is 1. The van der Waals surface area contributed by atoms with Crippen LogP contribution in [0.1, 0.15) is 11.3 Å². The van der Waals surface area contributed by atoms with E-state index in [2.05, 4.69) is 4.98 Å². The highest BCUT2D eigenvalue weighted by Gasteiger charge is 2.34. The summed E-state index contributed by atoms with van der Waals surface area (Å²) in [5.41, 5.74) is 0.802. The van der Waals surface area contributed by atoms with E-state index in [9.17, 15) is 13.2 Å². The largest absolute Gasteiger partial charge is 0.455 e. The van der Waals surface area contributed by atoms with Gasteiger partial charge in [0.1, 0.15) is 5.75 Å². The molecule has 146 valence electrons. The van der Waals surface area contributed by atoms with Gasteiger partial charge in [0.15, 0.2) is 5.75 Å². The number of ether oxygens (including phenoxy) is 1. The topological polar surface area (TPSA) is 22.1 Å². The van der Waals surface area contributed by atoms with Gasteiger partial charge in [0, 0.05) is 16.0 Å². The molecule has 0 N–H and O–H groups in total. The van der Waals surface area contributed by atoms with Crippen molar-refractivity contribution in [1.29, 1.82) is 0 Å². The Balaban J connectivity index is 2.02. The van der Waals surface area contributed by atoms with E-state index in [1.54, 1.807) is 37.3 Å². The lowest BCUT2D eigenvalue weighted by molar-refractivity contribution is -0.136. The second-order valence-electron chi connectivity index (χ2n) is 6.52. The van der Waals surface area contributed by atoms with Crippen molar-refractivity contribution in [2.24, 2.45) is 0 Å². The van der Waals surface area contributed by atoms with Gasteiger partial charge in [-0.3, -0.25) is 0 Å². The number of hydrogen-bond donors (Lipinski definition) is 0. The van der Waals surface area contributed by atoms with Crippen LogP contribution in [0, 0.1) is 6.92 Å². The molecule has 6 heteroatoms. The van der Waals surface area contributed by atoms with Crippen LogP contribution >= 0.6 is 11.6 Å². The normalized spacial score (nSPS) is 11.6. The van der Waals surface area contributed by atoms with Crippen molar-refractivity contribution in [2.45, 2.75) is 13.1 Å². The quantitative estimate of drug-likeness (QED) is 0.343. The lowest BCUT2D eigenvalue weighted by atomic mass is 9.97. The maximum atomic E-state index is 13.6. The summed E-state index contributed by atoms with van der Waals surface area (Å²) in [5, 5.41) is 0.935. The highest BCUT2D eigenvalue weighted by atomic mass is 35.5. The lowest BCUT2D eigenvalue weighted by Gasteiger charge is -2.18. The summed E-state index contributed by atoms with van der Waals surface area (Å²) in [6.07, 6.45) is -4.51. The summed E-state index contributed by atoms with van der Waals surface area (Å²) < 4.78 is 46.8. The maximum absolute atomic E-state index is 13.6. The molecule has 3 aromatic carbocycles. The fraction of sp³-hybridized carbons (Fsp3) is 0.0870. The average molecular weight is 414 g/mol. The number of pyridine rings is 1. The third kappa shape index (κ3) is 3.78. The smallest absolute Gasteiger partial charge is 0.418 e. The first kappa shape index (κ1) is 19.3. The van der Waals surface area contributed by atoms with Crippen LogP contribution in [-0.2, 0) is 6.18 Å². The first-order valence-corrected chi connectivity index (χ1v) is 9.22. The first-order chi connectivity index (χ1) is 13.8. The van der Waals surface area contributed by atoms with Gasteiger partial charge in [0.05, 0.1) is 16.8 Å². The molecule has 0 bridgehead atoms. The Bertz CT molecular complexity index is 1170. The zero-order valence-electron chi connectivity index (χ0n) is 15.3. The molecule has 0 saturated heterocycles. The van der Waals surface area contributed by atoms with Crippen LogP contribution in [0.25, 0.3) is 22.0 Å². The monoisotopic (exact) mass is 413 g/mol. The summed E-state index contributed by atoms with van der Waals surface area (Å²) in [4.78, 5) is 4.27. The van der Waals surface area contributed by atoms with Crippen LogP contribution in [-0.4, -0.2) is 4.98 Å². The van der Waals surface area contributed by atoms with Crippen molar-refractivity contribution in [2.75, 3.05) is 0 Å². The molecule has 1 aromatic heterocycles. The number of hydrogen-bond acceptors (Lipinski definition) is 2. The van der Waals surface area contributed by atoms with Gasteiger partial charge in [0.25, 0.3) is 0 Å². The van der Waals surface area contributed by atoms with Crippen LogP contribution in [0.4, 0.5) is 13.2 Å². The second kappa shape index (κ2) is 7.41. The van der Waals surface area contributed by atoms with Gasteiger partial charge in [-0.05, 0) is 42.8 Å². The van der Waals surface area contributed by atoms with Gasteiger partial charge in [-0.1, -0.05) is 54.1 Å². The highest BCUT2D eigenvalue weighted by molar-refractivity contribution is 6.30. The molecular formula is C23H15ClF3NO. The van der Waals surface area contributed by atoms with Crippen molar-refractivity contribution in [3.63, 3.8) is 0 Å². The summed E-state index contributed by atoms with van der Waals surface area (Å²) >= 11 is 5.94. The van der Waals surface area contributed by atoms with E-state index < -0.39 is 11.7 Å². The van der Waals surface area contributed by atoms with E-state index in [0.717, 1.165) is 11.6 Å². The fourth-order valence-electron chi connectivity index (χ4n) is 3.25. The van der Waals surface area contributed by atoms with Crippen LogP contribution in [0.15, 0.2) is 72.8 Å². The molecule has 0 spiro atoms. The Morgan fingerprint density at radius 2 is 1.55 bits per heavy atom. The van der Waals surface area contributed by atoms with Crippen molar-refractivity contribution < 1.29 is 17.9 Å². The minimum absolute atomic E-state index is 0.0974. The summed E-state index contributed by atoms with van der Waals surface area (Å²) in [6, 6.07) is 20.0. The number of aromatic nitrogens is 1. The van der Waals surface area contributed by atoms with Crippen molar-refractivity contribution >= 4 is 22.5 Å². The molecule has 0 atom stereocenters. The number of rotatable bonds is 3. The molecule has 2 nitrogen and oxygen atoms in total. The van der Waals surface area contributed by atoms with Crippen LogP contribution < -0.4 is 4.74 Å². The van der Waals surface area contributed by atoms with Crippen LogP contribution in [0.5, 0.6) is 11.5 Å². The number of halogens is 4. The Kier molecular flexibility index (Phi) is 4.92. The standard InChI is InChI=1S/C23H15ClF3NO/c1-14-22(29-17-12-10-16(24)11-13-17)20(15-6-3-2-4-7-15)18-8-5-9-19(21(18)28-14)23(25,26)27/h2-13H,1H3. The Labute approximate surface area is 170 Å². The van der Waals surface area contributed by atoms with E-state index >= 15 is 0 Å². The number of para-hydroxylation sites is 1. The molecule has 0 radical (unpaired) electrons. The first-order valence-electron chi connectivity index (χ1n) is 8.84. The lowest BCUT2D eigenvalue weighted by Crippen LogP contribution is -2.08. The third-order valence-electron chi connectivity index (χ3n) is 4.54. The summed E-state index contributed by atoms with van der Waals surface area (Å²) in [5.74, 6) is 0.924. The van der Waals surface area contributed by atoms with E-state index in [4.69, 9.17) is 16.3 Å². The van der Waals surface area contributed by atoms with E-state index in [-0.39, 0.29) is 5.52 Å². The SMILES string of the molecule is Cc1nc2c(C(F)(F)F)cccc2c(-c2ccccc2)c1Oc1ccc(Cl)cc1. The number of aryl methyl sites for hydroxylation is 1. The predicted octanol–water partition coefficient (Wildman–Crippen LogP) is 7.67. The van der Waals surface area contributed by atoms with Crippen LogP contribution in [0.3, 0.4) is 0 Å². The molecular weight excluding hydrogens is 399 g/mol. The zero-order valence-corrected chi connectivity index (χ0v) is 16.1. The number of fused-ring (bicyclic) bond motifs is 1. The van der Waals surface area contributed by atoms with Gasteiger partial charge < -0.3 is 4.74 Å². The molecule has 0 amide bonds. The minimum Gasteiger partial charge on any atom is -0.455 e. The predicted molar refractivity (Wildman–Crippen MR) is 108 cm³/mol. The maximum Gasteiger partial charge on any atom is 0.418 e. The van der Waals surface area contributed by atoms with E-state index in [1.165, 1.54) is 6.07 Å². The molecule has 0 fully saturated rings. The number of benzene rings is 3. The molecule has 4 rings (SSSR count). The third-order valence-corrected chi connectivity index (χ3v) is 4.79. The molecule has 0 unspecified atom stereocenters. The molecule has 0 aliphatic rings. The number of alkyl halides is 3. The van der Waals surface area contributed by atoms with Crippen molar-refractivity contribution in [3.8, 4) is 22.6 Å². The molecule has 0 aliphatic heterocycles. The van der Waals surface area contributed by atoms with E-state index in [1.807, 2.05) is 30.3 Å². The molecule has 4 aromatic rings. The Morgan fingerprint density at radius 3 is 2.21 bits per heavy atom. The average Bonchev–Trinajstić information content (AvgIpc) is 2.69. The molecule has 0 saturated carbocycles. The van der Waals surface area contributed by atoms with Gasteiger partial charge >= 0.3 is 6.18 Å². The zero-order chi connectivity index (χ0) is 20.6. The van der Waals surface area contributed by atoms with Gasteiger partial charge in [-0.25, -0.2) is 4.98 Å². The van der Waals surface area contributed by atoms with Crippen molar-refractivity contribution in [1.82, 2.24) is 4.98 Å². The molecule has 29 heavy (non-hydrogen) atoms. The van der Waals surface area contributed by atoms with E-state index in [0.29, 0.717) is 33.2 Å². The van der Waals surface area contributed by atoms with Gasteiger partial charge in [0.2, 0.25) is 0 Å². The highest BCUT2D eigenvalue weighted by Crippen LogP contribution is 2.43. The molecule has 1 heterocycles.